The molecule has 0 atom stereocenters. The molecular formula is C27H22N4O5. The molecule has 9 heteroatoms. The number of aromatic nitrogens is 2. The van der Waals surface area contributed by atoms with Crippen molar-refractivity contribution in [3.05, 3.63) is 112 Å². The van der Waals surface area contributed by atoms with Gasteiger partial charge in [0.25, 0.3) is 11.6 Å². The van der Waals surface area contributed by atoms with E-state index in [0.29, 0.717) is 17.1 Å². The summed E-state index contributed by atoms with van der Waals surface area (Å²) in [6.07, 6.45) is 2.60. The molecular weight excluding hydrogens is 460 g/mol. The molecule has 36 heavy (non-hydrogen) atoms. The second kappa shape index (κ2) is 10.9. The monoisotopic (exact) mass is 482 g/mol. The van der Waals surface area contributed by atoms with Gasteiger partial charge in [-0.1, -0.05) is 48.0 Å². The van der Waals surface area contributed by atoms with Gasteiger partial charge in [0.15, 0.2) is 6.61 Å². The highest BCUT2D eigenvalue weighted by Crippen LogP contribution is 2.25. The number of amides is 1. The predicted molar refractivity (Wildman–Crippen MR) is 135 cm³/mol. The molecule has 3 aromatic carbocycles. The number of aryl methyl sites for hydroxylation is 1. The molecule has 4 rings (SSSR count). The van der Waals surface area contributed by atoms with E-state index in [4.69, 9.17) is 4.74 Å². The van der Waals surface area contributed by atoms with Gasteiger partial charge in [0, 0.05) is 29.8 Å². The average Bonchev–Trinajstić information content (AvgIpc) is 3.31. The van der Waals surface area contributed by atoms with E-state index >= 15 is 0 Å². The molecule has 0 spiro atoms. The molecule has 0 aliphatic heterocycles. The molecule has 0 fully saturated rings. The number of nitrogens with one attached hydrogen (secondary N) is 1. The second-order valence-electron chi connectivity index (χ2n) is 7.87. The number of non-ortho nitro benzene ring substituents is 1. The van der Waals surface area contributed by atoms with Gasteiger partial charge in [0.2, 0.25) is 0 Å². The summed E-state index contributed by atoms with van der Waals surface area (Å²) in [5, 5.41) is 18.1. The van der Waals surface area contributed by atoms with Crippen LogP contribution in [0.15, 0.2) is 91.0 Å². The molecule has 1 aromatic heterocycles. The molecule has 0 saturated carbocycles. The minimum atomic E-state index is -0.722. The Morgan fingerprint density at radius 1 is 1.03 bits per heavy atom. The summed E-state index contributed by atoms with van der Waals surface area (Å²) in [6, 6.07) is 24.7. The van der Waals surface area contributed by atoms with E-state index in [0.717, 1.165) is 22.9 Å². The Bertz CT molecular complexity index is 1410. The van der Waals surface area contributed by atoms with Crippen molar-refractivity contribution < 1.29 is 19.2 Å². The SMILES string of the molecule is Cc1ccc(-c2cc(NC(=O)COC(=O)/C=C/c3ccc([N+](=O)[O-])cc3)n(-c3ccccc3)n2)cc1. The normalized spacial score (nSPS) is 10.8. The minimum absolute atomic E-state index is 0.0494. The summed E-state index contributed by atoms with van der Waals surface area (Å²) < 4.78 is 6.65. The first-order valence-electron chi connectivity index (χ1n) is 11.0. The lowest BCUT2D eigenvalue weighted by molar-refractivity contribution is -0.384. The first kappa shape index (κ1) is 24.1. The van der Waals surface area contributed by atoms with E-state index in [1.807, 2.05) is 61.5 Å². The number of esters is 1. The van der Waals surface area contributed by atoms with Crippen LogP contribution in [0.4, 0.5) is 11.5 Å². The van der Waals surface area contributed by atoms with Gasteiger partial charge in [-0.3, -0.25) is 14.9 Å². The first-order valence-corrected chi connectivity index (χ1v) is 11.0. The Morgan fingerprint density at radius 2 is 1.72 bits per heavy atom. The summed E-state index contributed by atoms with van der Waals surface area (Å²) in [5.74, 6) is -0.820. The molecule has 4 aromatic rings. The number of nitro benzene ring substituents is 1. The lowest BCUT2D eigenvalue weighted by Gasteiger charge is -2.08. The third-order valence-electron chi connectivity index (χ3n) is 5.19. The van der Waals surface area contributed by atoms with Gasteiger partial charge in [0.1, 0.15) is 5.82 Å². The maximum atomic E-state index is 12.5. The number of hydrogen-bond acceptors (Lipinski definition) is 6. The van der Waals surface area contributed by atoms with Gasteiger partial charge in [-0.15, -0.1) is 0 Å². The Labute approximate surface area is 206 Å². The van der Waals surface area contributed by atoms with Gasteiger partial charge >= 0.3 is 5.97 Å². The third kappa shape index (κ3) is 6.09. The molecule has 0 radical (unpaired) electrons. The van der Waals surface area contributed by atoms with Crippen molar-refractivity contribution in [3.8, 4) is 16.9 Å². The summed E-state index contributed by atoms with van der Waals surface area (Å²) >= 11 is 0. The van der Waals surface area contributed by atoms with Crippen LogP contribution in [0.2, 0.25) is 0 Å². The van der Waals surface area contributed by atoms with Crippen molar-refractivity contribution in [2.45, 2.75) is 6.92 Å². The number of para-hydroxylation sites is 1. The van der Waals surface area contributed by atoms with Crippen molar-refractivity contribution in [2.24, 2.45) is 0 Å². The predicted octanol–water partition coefficient (Wildman–Crippen LogP) is 4.95. The molecule has 1 heterocycles. The summed E-state index contributed by atoms with van der Waals surface area (Å²) in [5.41, 5.74) is 3.99. The fraction of sp³-hybridized carbons (Fsp3) is 0.0741. The zero-order valence-electron chi connectivity index (χ0n) is 19.3. The van der Waals surface area contributed by atoms with Crippen LogP contribution in [0.1, 0.15) is 11.1 Å². The molecule has 0 aliphatic rings. The summed E-state index contributed by atoms with van der Waals surface area (Å²) in [4.78, 5) is 34.8. The number of benzene rings is 3. The quantitative estimate of drug-likeness (QED) is 0.164. The Kier molecular flexibility index (Phi) is 7.30. The molecule has 0 unspecified atom stereocenters. The maximum absolute atomic E-state index is 12.5. The van der Waals surface area contributed by atoms with Gasteiger partial charge in [-0.2, -0.15) is 5.10 Å². The van der Waals surface area contributed by atoms with Crippen LogP contribution < -0.4 is 5.32 Å². The van der Waals surface area contributed by atoms with Crippen molar-refractivity contribution in [3.63, 3.8) is 0 Å². The molecule has 9 nitrogen and oxygen atoms in total. The van der Waals surface area contributed by atoms with E-state index in [1.54, 1.807) is 10.7 Å². The van der Waals surface area contributed by atoms with Gasteiger partial charge in [0.05, 0.1) is 16.3 Å². The number of nitrogens with zero attached hydrogens (tertiary/aromatic N) is 3. The zero-order chi connectivity index (χ0) is 25.5. The van der Waals surface area contributed by atoms with E-state index in [9.17, 15) is 19.7 Å². The number of rotatable bonds is 8. The standard InChI is InChI=1S/C27H22N4O5/c1-19-7-12-21(13-8-19)24-17-25(30(29-24)22-5-3-2-4-6-22)28-26(32)18-36-27(33)16-11-20-9-14-23(15-10-20)31(34)35/h2-17H,18H2,1H3,(H,28,32)/b16-11+. The lowest BCUT2D eigenvalue weighted by Crippen LogP contribution is -2.21. The average molecular weight is 482 g/mol. The Hall–Kier alpha value is -5.05. The molecule has 180 valence electrons. The minimum Gasteiger partial charge on any atom is -0.452 e. The topological polar surface area (TPSA) is 116 Å². The van der Waals surface area contributed by atoms with E-state index in [2.05, 4.69) is 10.4 Å². The largest absolute Gasteiger partial charge is 0.452 e. The number of carbonyl (C=O) groups is 2. The van der Waals surface area contributed by atoms with Crippen molar-refractivity contribution in [2.75, 3.05) is 11.9 Å². The van der Waals surface area contributed by atoms with Crippen LogP contribution in [0.3, 0.4) is 0 Å². The summed E-state index contributed by atoms with van der Waals surface area (Å²) in [6.45, 7) is 1.50. The molecule has 0 saturated heterocycles. The summed E-state index contributed by atoms with van der Waals surface area (Å²) in [7, 11) is 0. The molecule has 1 amide bonds. The van der Waals surface area contributed by atoms with Gasteiger partial charge in [-0.25, -0.2) is 9.48 Å². The third-order valence-corrected chi connectivity index (χ3v) is 5.19. The van der Waals surface area contributed by atoms with Crippen LogP contribution in [-0.2, 0) is 14.3 Å². The number of carbonyl (C=O) groups excluding carboxylic acids is 2. The second-order valence-corrected chi connectivity index (χ2v) is 7.87. The van der Waals surface area contributed by atoms with E-state index < -0.39 is 23.4 Å². The molecule has 0 bridgehead atoms. The fourth-order valence-corrected chi connectivity index (χ4v) is 3.34. The van der Waals surface area contributed by atoms with Crippen molar-refractivity contribution in [1.29, 1.82) is 0 Å². The highest BCUT2D eigenvalue weighted by atomic mass is 16.6. The van der Waals surface area contributed by atoms with Crippen LogP contribution in [-0.4, -0.2) is 33.2 Å². The smallest absolute Gasteiger partial charge is 0.331 e. The number of anilines is 1. The highest BCUT2D eigenvalue weighted by Gasteiger charge is 2.15. The fourth-order valence-electron chi connectivity index (χ4n) is 3.34. The van der Waals surface area contributed by atoms with Crippen molar-refractivity contribution >= 4 is 29.5 Å². The maximum Gasteiger partial charge on any atom is 0.331 e. The van der Waals surface area contributed by atoms with Crippen LogP contribution in [0.5, 0.6) is 0 Å². The van der Waals surface area contributed by atoms with E-state index in [1.165, 1.54) is 30.3 Å². The Balaban J connectivity index is 1.42. The van der Waals surface area contributed by atoms with Crippen LogP contribution >= 0.6 is 0 Å². The van der Waals surface area contributed by atoms with Gasteiger partial charge < -0.3 is 10.1 Å². The number of ether oxygens (including phenoxy) is 1. The van der Waals surface area contributed by atoms with Crippen LogP contribution in [0, 0.1) is 17.0 Å². The number of nitro groups is 1. The van der Waals surface area contributed by atoms with Gasteiger partial charge in [-0.05, 0) is 42.8 Å². The lowest BCUT2D eigenvalue weighted by atomic mass is 10.1. The highest BCUT2D eigenvalue weighted by molar-refractivity contribution is 5.94. The van der Waals surface area contributed by atoms with E-state index in [-0.39, 0.29) is 5.69 Å². The Morgan fingerprint density at radius 3 is 2.39 bits per heavy atom. The molecule has 0 aliphatic carbocycles. The van der Waals surface area contributed by atoms with Crippen LogP contribution in [0.25, 0.3) is 23.0 Å². The zero-order valence-corrected chi connectivity index (χ0v) is 19.3. The molecule has 1 N–H and O–H groups in total. The van der Waals surface area contributed by atoms with Crippen molar-refractivity contribution in [1.82, 2.24) is 9.78 Å². The first-order chi connectivity index (χ1) is 17.4. The number of hydrogen-bond donors (Lipinski definition) is 1.